The molecular weight excluding hydrogens is 442 g/mol. The Kier molecular flexibility index (Phi) is 4.66. The van der Waals surface area contributed by atoms with Crippen LogP contribution in [0.25, 0.3) is 0 Å². The Morgan fingerprint density at radius 2 is 1.29 bits per heavy atom. The van der Waals surface area contributed by atoms with E-state index >= 15 is 0 Å². The molecule has 3 aromatic carbocycles. The number of imide groups is 1. The molecule has 3 aliphatic rings. The lowest BCUT2D eigenvalue weighted by Gasteiger charge is -2.27. The van der Waals surface area contributed by atoms with Crippen molar-refractivity contribution in [1.29, 1.82) is 0 Å². The number of likely N-dealkylation sites (tertiary alicyclic amines) is 1. The number of ketones is 2. The second kappa shape index (κ2) is 7.55. The van der Waals surface area contributed by atoms with Gasteiger partial charge in [-0.3, -0.25) is 24.1 Å². The lowest BCUT2D eigenvalue weighted by atomic mass is 9.77. The first-order valence-electron chi connectivity index (χ1n) is 11.7. The smallest absolute Gasteiger partial charge is 0.237 e. The van der Waals surface area contributed by atoms with Crippen LogP contribution in [-0.4, -0.2) is 33.9 Å². The van der Waals surface area contributed by atoms with E-state index in [2.05, 4.69) is 0 Å². The molecule has 0 N–H and O–H groups in total. The molecule has 2 amide bonds. The number of fused-ring (bicyclic) bond motifs is 3. The van der Waals surface area contributed by atoms with Crippen LogP contribution in [0, 0.1) is 25.7 Å². The summed E-state index contributed by atoms with van der Waals surface area (Å²) in [7, 11) is 0. The molecule has 6 heteroatoms. The summed E-state index contributed by atoms with van der Waals surface area (Å²) >= 11 is 0. The second-order valence-corrected chi connectivity index (χ2v) is 9.64. The summed E-state index contributed by atoms with van der Waals surface area (Å²) in [5, 5.41) is 0. The van der Waals surface area contributed by atoms with Gasteiger partial charge in [0.25, 0.3) is 0 Å². The highest BCUT2D eigenvalue weighted by atomic mass is 16.5. The van der Waals surface area contributed by atoms with Crippen molar-refractivity contribution in [3.8, 4) is 0 Å². The van der Waals surface area contributed by atoms with Gasteiger partial charge in [0.2, 0.25) is 29.0 Å². The van der Waals surface area contributed by atoms with Crippen LogP contribution in [0.15, 0.2) is 72.8 Å². The predicted octanol–water partition coefficient (Wildman–Crippen LogP) is 3.99. The Balaban J connectivity index is 1.48. The van der Waals surface area contributed by atoms with Gasteiger partial charge in [0.1, 0.15) is 0 Å². The van der Waals surface area contributed by atoms with Crippen LogP contribution in [0.1, 0.15) is 49.1 Å². The van der Waals surface area contributed by atoms with Gasteiger partial charge in [-0.05, 0) is 25.0 Å². The van der Waals surface area contributed by atoms with Crippen LogP contribution in [-0.2, 0) is 20.9 Å². The summed E-state index contributed by atoms with van der Waals surface area (Å²) in [6, 6.07) is 21.5. The van der Waals surface area contributed by atoms with Crippen LogP contribution >= 0.6 is 0 Å². The maximum absolute atomic E-state index is 13.8. The Bertz CT molecular complexity index is 1370. The molecular formula is C29H23NO5. The molecule has 2 aliphatic heterocycles. The number of carbonyl (C=O) groups is 4. The molecule has 3 unspecified atom stereocenters. The van der Waals surface area contributed by atoms with Crippen molar-refractivity contribution in [2.45, 2.75) is 32.1 Å². The van der Waals surface area contributed by atoms with Crippen molar-refractivity contribution in [2.75, 3.05) is 0 Å². The molecule has 6 nitrogen and oxygen atoms in total. The molecule has 0 radical (unpaired) electrons. The lowest BCUT2D eigenvalue weighted by Crippen LogP contribution is -2.50. The highest BCUT2D eigenvalue weighted by Gasteiger charge is 2.74. The third-order valence-corrected chi connectivity index (χ3v) is 7.48. The highest BCUT2D eigenvalue weighted by Crippen LogP contribution is 2.57. The molecule has 174 valence electrons. The largest absolute Gasteiger partial charge is 0.349 e. The molecule has 3 aromatic rings. The minimum atomic E-state index is -2.03. The van der Waals surface area contributed by atoms with Crippen molar-refractivity contribution in [2.24, 2.45) is 11.8 Å². The number of amides is 2. The topological polar surface area (TPSA) is 80.8 Å². The molecule has 6 rings (SSSR count). The third-order valence-electron chi connectivity index (χ3n) is 7.48. The summed E-state index contributed by atoms with van der Waals surface area (Å²) < 4.78 is 6.30. The van der Waals surface area contributed by atoms with Gasteiger partial charge in [0.15, 0.2) is 0 Å². The van der Waals surface area contributed by atoms with Crippen molar-refractivity contribution >= 4 is 23.4 Å². The van der Waals surface area contributed by atoms with E-state index < -0.39 is 46.9 Å². The normalized spacial score (nSPS) is 24.4. The van der Waals surface area contributed by atoms with Crippen molar-refractivity contribution in [3.05, 3.63) is 106 Å². The van der Waals surface area contributed by atoms with Crippen LogP contribution in [0.4, 0.5) is 0 Å². The minimum Gasteiger partial charge on any atom is -0.349 e. The van der Waals surface area contributed by atoms with E-state index in [0.717, 1.165) is 16.7 Å². The van der Waals surface area contributed by atoms with E-state index in [1.165, 1.54) is 4.90 Å². The number of nitrogens with zero attached hydrogens (tertiary/aromatic N) is 1. The number of aryl methyl sites for hydroxylation is 2. The van der Waals surface area contributed by atoms with Gasteiger partial charge in [-0.1, -0.05) is 83.9 Å². The zero-order chi connectivity index (χ0) is 24.5. The summed E-state index contributed by atoms with van der Waals surface area (Å²) in [5.74, 6) is -4.21. The zero-order valence-corrected chi connectivity index (χ0v) is 19.4. The van der Waals surface area contributed by atoms with Crippen molar-refractivity contribution in [1.82, 2.24) is 4.90 Å². The number of hydrogen-bond donors (Lipinski definition) is 0. The molecule has 2 heterocycles. The van der Waals surface area contributed by atoms with E-state index in [4.69, 9.17) is 4.74 Å². The zero-order valence-electron chi connectivity index (χ0n) is 19.4. The average Bonchev–Trinajstić information content (AvgIpc) is 3.42. The van der Waals surface area contributed by atoms with Crippen LogP contribution in [0.5, 0.6) is 0 Å². The highest BCUT2D eigenvalue weighted by molar-refractivity contribution is 6.35. The van der Waals surface area contributed by atoms with Crippen molar-refractivity contribution < 1.29 is 23.9 Å². The molecule has 0 aromatic heterocycles. The van der Waals surface area contributed by atoms with Gasteiger partial charge in [0.05, 0.1) is 24.5 Å². The monoisotopic (exact) mass is 465 g/mol. The van der Waals surface area contributed by atoms with E-state index in [1.807, 2.05) is 62.4 Å². The molecule has 35 heavy (non-hydrogen) atoms. The Morgan fingerprint density at radius 3 is 1.86 bits per heavy atom. The quantitative estimate of drug-likeness (QED) is 0.432. The molecule has 1 spiro atoms. The first kappa shape index (κ1) is 21.6. The van der Waals surface area contributed by atoms with Gasteiger partial charge < -0.3 is 4.74 Å². The first-order valence-corrected chi connectivity index (χ1v) is 11.7. The number of ether oxygens (including phenoxy) is 1. The molecule has 2 fully saturated rings. The fraction of sp³-hybridized carbons (Fsp3) is 0.241. The Morgan fingerprint density at radius 1 is 0.743 bits per heavy atom. The SMILES string of the molecule is Cc1ccc(CN2C(=O)C3C(c4ccc(C)cc4)OC4(C(=O)c5ccccc5C4=O)C3C2=O)cc1. The summed E-state index contributed by atoms with van der Waals surface area (Å²) in [5.41, 5.74) is 1.99. The van der Waals surface area contributed by atoms with Crippen LogP contribution in [0.2, 0.25) is 0 Å². The maximum atomic E-state index is 13.8. The van der Waals surface area contributed by atoms with Crippen LogP contribution < -0.4 is 0 Å². The molecule has 3 atom stereocenters. The fourth-order valence-electron chi connectivity index (χ4n) is 5.67. The Labute approximate surface area is 202 Å². The number of rotatable bonds is 3. The van der Waals surface area contributed by atoms with Gasteiger partial charge in [-0.25, -0.2) is 0 Å². The second-order valence-electron chi connectivity index (χ2n) is 9.64. The summed E-state index contributed by atoms with van der Waals surface area (Å²) in [6.07, 6.45) is -0.887. The lowest BCUT2D eigenvalue weighted by molar-refractivity contribution is -0.145. The van der Waals surface area contributed by atoms with Gasteiger partial charge in [0, 0.05) is 11.1 Å². The van der Waals surface area contributed by atoms with E-state index in [-0.39, 0.29) is 17.7 Å². The number of Topliss-reactive ketones (excluding diaryl/α,β-unsaturated/α-hetero) is 2. The number of carbonyl (C=O) groups excluding carboxylic acids is 4. The van der Waals surface area contributed by atoms with E-state index in [9.17, 15) is 19.2 Å². The minimum absolute atomic E-state index is 0.0803. The van der Waals surface area contributed by atoms with Crippen LogP contribution in [0.3, 0.4) is 0 Å². The average molecular weight is 466 g/mol. The van der Waals surface area contributed by atoms with Gasteiger partial charge >= 0.3 is 0 Å². The standard InChI is InChI=1S/C29H23NO5/c1-16-7-11-18(12-8-16)15-30-27(33)22-23(28(30)34)29(35-24(22)19-13-9-17(2)10-14-19)25(31)20-5-3-4-6-21(20)26(29)32/h3-14,22-24H,15H2,1-2H3. The molecule has 2 saturated heterocycles. The molecule has 0 bridgehead atoms. The fourth-order valence-corrected chi connectivity index (χ4v) is 5.67. The third kappa shape index (κ3) is 2.93. The van der Waals surface area contributed by atoms with E-state index in [1.54, 1.807) is 24.3 Å². The Hall–Kier alpha value is -3.90. The van der Waals surface area contributed by atoms with E-state index in [0.29, 0.717) is 5.56 Å². The van der Waals surface area contributed by atoms with Crippen molar-refractivity contribution in [3.63, 3.8) is 0 Å². The summed E-state index contributed by atoms with van der Waals surface area (Å²) in [4.78, 5) is 56.2. The van der Waals surface area contributed by atoms with Gasteiger partial charge in [-0.15, -0.1) is 0 Å². The first-order chi connectivity index (χ1) is 16.8. The molecule has 1 aliphatic carbocycles. The molecule has 0 saturated carbocycles. The van der Waals surface area contributed by atoms with Gasteiger partial charge in [-0.2, -0.15) is 0 Å². The number of benzene rings is 3. The maximum Gasteiger partial charge on any atom is 0.237 e. The summed E-state index contributed by atoms with van der Waals surface area (Å²) in [6.45, 7) is 3.98. The predicted molar refractivity (Wildman–Crippen MR) is 127 cm³/mol. The number of hydrogen-bond acceptors (Lipinski definition) is 5.